The molecule has 0 aliphatic heterocycles. The molecule has 0 spiro atoms. The van der Waals surface area contributed by atoms with Crippen LogP contribution in [0.5, 0.6) is 0 Å². The Bertz CT molecular complexity index is 285. The summed E-state index contributed by atoms with van der Waals surface area (Å²) in [6, 6.07) is 0. The van der Waals surface area contributed by atoms with Crippen molar-refractivity contribution in [2.45, 2.75) is 12.8 Å². The van der Waals surface area contributed by atoms with Crippen LogP contribution in [-0.2, 0) is 0 Å². The molecule has 2 heteroatoms. The van der Waals surface area contributed by atoms with E-state index in [9.17, 15) is 0 Å². The van der Waals surface area contributed by atoms with Crippen LogP contribution in [0.2, 0.25) is 0 Å². The van der Waals surface area contributed by atoms with Gasteiger partial charge in [-0.05, 0) is 12.8 Å². The molecule has 0 aromatic carbocycles. The van der Waals surface area contributed by atoms with Gasteiger partial charge >= 0.3 is 0 Å². The number of hydrogen-bond donors (Lipinski definition) is 0. The maximum absolute atomic E-state index is 2.27. The summed E-state index contributed by atoms with van der Waals surface area (Å²) in [6.07, 6.45) is 15.8. The van der Waals surface area contributed by atoms with E-state index in [4.69, 9.17) is 0 Å². The Hall–Kier alpha value is -0.606. The second-order valence-corrected chi connectivity index (χ2v) is 6.18. The van der Waals surface area contributed by atoms with Crippen molar-refractivity contribution in [1.82, 2.24) is 0 Å². The van der Waals surface area contributed by atoms with Gasteiger partial charge in [-0.25, -0.2) is 0 Å². The molecule has 0 heterocycles. The van der Waals surface area contributed by atoms with E-state index in [1.54, 1.807) is 10.4 Å². The summed E-state index contributed by atoms with van der Waals surface area (Å²) in [6.45, 7) is 0. The van der Waals surface area contributed by atoms with Crippen molar-refractivity contribution in [2.75, 3.05) is 0 Å². The highest BCUT2D eigenvalue weighted by Crippen LogP contribution is 2.08. The number of allylic oxidation sites excluding steroid dienone is 8. The second kappa shape index (κ2) is 3.87. The van der Waals surface area contributed by atoms with Gasteiger partial charge in [0.05, 0.1) is 0 Å². The lowest BCUT2D eigenvalue weighted by atomic mass is 10.5. The van der Waals surface area contributed by atoms with Crippen molar-refractivity contribution >= 4 is 17.2 Å². The first-order chi connectivity index (χ1) is 5.95. The fourth-order valence-electron chi connectivity index (χ4n) is 1.24. The summed E-state index contributed by atoms with van der Waals surface area (Å²) >= 11 is 0. The van der Waals surface area contributed by atoms with Gasteiger partial charge in [-0.3, -0.25) is 0 Å². The molecule has 2 radical (unpaired) electrons. The van der Waals surface area contributed by atoms with Gasteiger partial charge in [-0.2, -0.15) is 0 Å². The highest BCUT2D eigenvalue weighted by molar-refractivity contribution is 6.81. The summed E-state index contributed by atoms with van der Waals surface area (Å²) in [7, 11) is 2.08. The quantitative estimate of drug-likeness (QED) is 0.579. The molecule has 0 aromatic heterocycles. The molecular weight excluding hydrogens is 176 g/mol. The van der Waals surface area contributed by atoms with Gasteiger partial charge in [0.15, 0.2) is 0 Å². The molecule has 0 amide bonds. The Kier molecular flexibility index (Phi) is 2.58. The third-order valence-corrected chi connectivity index (χ3v) is 5.74. The minimum atomic E-state index is 1.04. The van der Waals surface area contributed by atoms with Crippen LogP contribution >= 0.6 is 0 Å². The highest BCUT2D eigenvalue weighted by Gasteiger charge is 1.97. The molecule has 0 fully saturated rings. The van der Waals surface area contributed by atoms with Crippen LogP contribution in [0.15, 0.2) is 46.8 Å². The van der Waals surface area contributed by atoms with Gasteiger partial charge < -0.3 is 0 Å². The predicted octanol–water partition coefficient (Wildman–Crippen LogP) is 2.00. The molecule has 0 saturated carbocycles. The summed E-state index contributed by atoms with van der Waals surface area (Å²) in [5, 5.41) is 3.25. The SMILES string of the molecule is C1=CCC([Si]=[Si]C2=CC=CC2)=C1. The van der Waals surface area contributed by atoms with Gasteiger partial charge in [-0.1, -0.05) is 46.8 Å². The molecule has 58 valence electrons. The fraction of sp³-hybridized carbons (Fsp3) is 0.200. The monoisotopic (exact) mass is 186 g/mol. The minimum absolute atomic E-state index is 1.04. The highest BCUT2D eigenvalue weighted by atomic mass is 28.9. The van der Waals surface area contributed by atoms with Crippen LogP contribution < -0.4 is 0 Å². The first-order valence-corrected chi connectivity index (χ1v) is 7.18. The van der Waals surface area contributed by atoms with Crippen LogP contribution in [0, 0.1) is 0 Å². The Labute approximate surface area is 77.3 Å². The Morgan fingerprint density at radius 2 is 1.33 bits per heavy atom. The van der Waals surface area contributed by atoms with Crippen molar-refractivity contribution in [3.63, 3.8) is 0 Å². The molecule has 0 N–H and O–H groups in total. The Balaban J connectivity index is 1.94. The average molecular weight is 186 g/mol. The molecule has 0 nitrogen and oxygen atoms in total. The van der Waals surface area contributed by atoms with Crippen LogP contribution in [0.1, 0.15) is 12.8 Å². The van der Waals surface area contributed by atoms with Crippen molar-refractivity contribution < 1.29 is 0 Å². The zero-order valence-corrected chi connectivity index (χ0v) is 8.88. The van der Waals surface area contributed by atoms with Gasteiger partial charge in [-0.15, -0.1) is 0 Å². The lowest BCUT2D eigenvalue weighted by molar-refractivity contribution is 1.40. The standard InChI is InChI=1S/C10H10Si2/c1-2-6-9(5-1)11-12-10-7-3-4-8-10/h1-5,7H,6,8H2. The molecule has 0 aromatic rings. The van der Waals surface area contributed by atoms with Crippen LogP contribution in [-0.4, -0.2) is 17.2 Å². The largest absolute Gasteiger partial charge is 0.0806 e. The maximum atomic E-state index is 2.27. The van der Waals surface area contributed by atoms with E-state index in [-0.39, 0.29) is 0 Å². The molecule has 0 bridgehead atoms. The smallest absolute Gasteiger partial charge is 0.0348 e. The van der Waals surface area contributed by atoms with E-state index in [0.717, 1.165) is 17.2 Å². The van der Waals surface area contributed by atoms with Crippen LogP contribution in [0.25, 0.3) is 0 Å². The van der Waals surface area contributed by atoms with Crippen molar-refractivity contribution in [3.05, 3.63) is 46.8 Å². The summed E-state index contributed by atoms with van der Waals surface area (Å²) in [5.41, 5.74) is 0. The molecule has 12 heavy (non-hydrogen) atoms. The van der Waals surface area contributed by atoms with E-state index >= 15 is 0 Å². The Morgan fingerprint density at radius 3 is 1.67 bits per heavy atom. The molecule has 0 atom stereocenters. The third-order valence-electron chi connectivity index (χ3n) is 1.93. The maximum Gasteiger partial charge on any atom is 0.0348 e. The summed E-state index contributed by atoms with van der Waals surface area (Å²) < 4.78 is 0. The normalized spacial score (nSPS) is 20.7. The van der Waals surface area contributed by atoms with E-state index in [1.165, 1.54) is 12.8 Å². The van der Waals surface area contributed by atoms with Crippen molar-refractivity contribution in [1.29, 1.82) is 0 Å². The van der Waals surface area contributed by atoms with Gasteiger partial charge in [0, 0.05) is 17.2 Å². The first kappa shape index (κ1) is 8.01. The molecule has 2 aliphatic rings. The fourth-order valence-corrected chi connectivity index (χ4v) is 4.44. The van der Waals surface area contributed by atoms with Crippen molar-refractivity contribution in [3.8, 4) is 0 Å². The van der Waals surface area contributed by atoms with Crippen molar-refractivity contribution in [2.24, 2.45) is 0 Å². The van der Waals surface area contributed by atoms with E-state index in [0.29, 0.717) is 0 Å². The lowest BCUT2D eigenvalue weighted by Gasteiger charge is -1.90. The molecule has 2 rings (SSSR count). The summed E-state index contributed by atoms with van der Waals surface area (Å²) in [5.74, 6) is 0. The average Bonchev–Trinajstić information content (AvgIpc) is 2.74. The second-order valence-electron chi connectivity index (χ2n) is 2.90. The summed E-state index contributed by atoms with van der Waals surface area (Å²) in [4.78, 5) is 0. The van der Waals surface area contributed by atoms with Gasteiger partial charge in [0.2, 0.25) is 0 Å². The van der Waals surface area contributed by atoms with Crippen LogP contribution in [0.3, 0.4) is 0 Å². The first-order valence-electron chi connectivity index (χ1n) is 4.18. The minimum Gasteiger partial charge on any atom is -0.0806 e. The zero-order chi connectivity index (χ0) is 8.23. The number of hydrogen-bond acceptors (Lipinski definition) is 0. The molecule has 0 saturated heterocycles. The lowest BCUT2D eigenvalue weighted by Crippen LogP contribution is -1.92. The predicted molar refractivity (Wildman–Crippen MR) is 55.2 cm³/mol. The Morgan fingerprint density at radius 1 is 0.833 bits per heavy atom. The molecule has 2 aliphatic carbocycles. The van der Waals surface area contributed by atoms with E-state index < -0.39 is 0 Å². The molecular formula is C10H10Si2. The van der Waals surface area contributed by atoms with Gasteiger partial charge in [0.25, 0.3) is 0 Å². The van der Waals surface area contributed by atoms with Gasteiger partial charge in [0.1, 0.15) is 0 Å². The third kappa shape index (κ3) is 1.96. The topological polar surface area (TPSA) is 0 Å². The molecule has 0 unspecified atom stereocenters. The number of rotatable bonds is 2. The van der Waals surface area contributed by atoms with E-state index in [2.05, 4.69) is 36.5 Å². The zero-order valence-electron chi connectivity index (χ0n) is 6.88. The van der Waals surface area contributed by atoms with E-state index in [1.807, 2.05) is 0 Å². The van der Waals surface area contributed by atoms with Crippen LogP contribution in [0.4, 0.5) is 0 Å².